The molecule has 23 heavy (non-hydrogen) atoms. The van der Waals surface area contributed by atoms with Gasteiger partial charge >= 0.3 is 0 Å². The molecule has 0 spiro atoms. The fourth-order valence-corrected chi connectivity index (χ4v) is 3.67. The summed E-state index contributed by atoms with van der Waals surface area (Å²) < 4.78 is 5.98. The van der Waals surface area contributed by atoms with Crippen LogP contribution in [0.4, 0.5) is 0 Å². The van der Waals surface area contributed by atoms with Crippen molar-refractivity contribution in [2.45, 2.75) is 31.6 Å². The van der Waals surface area contributed by atoms with Crippen molar-refractivity contribution in [2.75, 3.05) is 13.1 Å². The molecule has 3 rings (SSSR count). The van der Waals surface area contributed by atoms with Crippen LogP contribution in [0.2, 0.25) is 0 Å². The number of carbonyl (C=O) groups excluding carboxylic acids is 1. The maximum Gasteiger partial charge on any atom is 0.240 e. The molecule has 0 radical (unpaired) electrons. The Bertz CT molecular complexity index is 630. The van der Waals surface area contributed by atoms with Crippen molar-refractivity contribution >= 4 is 17.2 Å². The zero-order chi connectivity index (χ0) is 16.2. The summed E-state index contributed by atoms with van der Waals surface area (Å²) in [5, 5.41) is 4.11. The summed E-state index contributed by atoms with van der Waals surface area (Å²) in [5.41, 5.74) is 8.38. The van der Waals surface area contributed by atoms with Crippen molar-refractivity contribution in [3.8, 4) is 0 Å². The van der Waals surface area contributed by atoms with Gasteiger partial charge in [-0.15, -0.1) is 0 Å². The minimum atomic E-state index is -0.508. The number of morpholine rings is 1. The van der Waals surface area contributed by atoms with Crippen LogP contribution in [0.3, 0.4) is 0 Å². The topological polar surface area (TPSA) is 55.6 Å². The molecule has 2 aromatic rings. The quantitative estimate of drug-likeness (QED) is 0.937. The van der Waals surface area contributed by atoms with E-state index in [9.17, 15) is 4.79 Å². The van der Waals surface area contributed by atoms with Gasteiger partial charge in [0.1, 0.15) is 6.10 Å². The van der Waals surface area contributed by atoms with E-state index in [1.54, 1.807) is 11.3 Å². The Morgan fingerprint density at radius 2 is 2.13 bits per heavy atom. The largest absolute Gasteiger partial charge is 0.367 e. The van der Waals surface area contributed by atoms with Gasteiger partial charge in [0, 0.05) is 6.54 Å². The van der Waals surface area contributed by atoms with Crippen LogP contribution in [0.1, 0.15) is 24.2 Å². The molecule has 1 amide bonds. The Labute approximate surface area is 140 Å². The Hall–Kier alpha value is -1.69. The van der Waals surface area contributed by atoms with Crippen molar-refractivity contribution in [1.29, 1.82) is 0 Å². The second kappa shape index (κ2) is 7.25. The first-order valence-electron chi connectivity index (χ1n) is 7.89. The van der Waals surface area contributed by atoms with Crippen LogP contribution >= 0.6 is 11.3 Å². The molecule has 0 saturated carbocycles. The Kier molecular flexibility index (Phi) is 5.10. The lowest BCUT2D eigenvalue weighted by atomic mass is 10.0. The van der Waals surface area contributed by atoms with E-state index in [0.29, 0.717) is 19.5 Å². The smallest absolute Gasteiger partial charge is 0.240 e. The lowest BCUT2D eigenvalue weighted by molar-refractivity contribution is -0.146. The Balaban J connectivity index is 1.66. The van der Waals surface area contributed by atoms with Crippen LogP contribution in [0.5, 0.6) is 0 Å². The van der Waals surface area contributed by atoms with Gasteiger partial charge in [-0.05, 0) is 41.3 Å². The van der Waals surface area contributed by atoms with Crippen LogP contribution in [0, 0.1) is 0 Å². The molecular formula is C18H22N2O2S. The number of carbonyl (C=O) groups is 1. The van der Waals surface area contributed by atoms with E-state index in [0.717, 1.165) is 11.1 Å². The monoisotopic (exact) mass is 330 g/mol. The van der Waals surface area contributed by atoms with E-state index in [1.165, 1.54) is 0 Å². The van der Waals surface area contributed by atoms with Crippen LogP contribution in [0.15, 0.2) is 47.2 Å². The standard InChI is InChI=1S/C18H22N2O2S/c1-13-10-20(11-17(22-13)15-7-8-23-12-15)18(21)16(19)9-14-5-3-2-4-6-14/h2-8,12-13,16-17H,9-11,19H2,1H3/t13-,16+,17+/m1/s1. The zero-order valence-electron chi connectivity index (χ0n) is 13.2. The van der Waals surface area contributed by atoms with Crippen LogP contribution < -0.4 is 5.73 Å². The molecule has 1 aromatic carbocycles. The average Bonchev–Trinajstić information content (AvgIpc) is 3.09. The number of hydrogen-bond acceptors (Lipinski definition) is 4. The highest BCUT2D eigenvalue weighted by Crippen LogP contribution is 2.27. The zero-order valence-corrected chi connectivity index (χ0v) is 14.0. The van der Waals surface area contributed by atoms with Crippen molar-refractivity contribution < 1.29 is 9.53 Å². The van der Waals surface area contributed by atoms with Gasteiger partial charge in [-0.25, -0.2) is 0 Å². The lowest BCUT2D eigenvalue weighted by Crippen LogP contribution is -2.52. The number of rotatable bonds is 4. The molecule has 122 valence electrons. The van der Waals surface area contributed by atoms with Crippen molar-refractivity contribution in [3.63, 3.8) is 0 Å². The average molecular weight is 330 g/mol. The second-order valence-corrected chi connectivity index (χ2v) is 6.81. The summed E-state index contributed by atoms with van der Waals surface area (Å²) in [6.45, 7) is 3.17. The van der Waals surface area contributed by atoms with Gasteiger partial charge in [0.2, 0.25) is 5.91 Å². The minimum absolute atomic E-state index is 0.00392. The highest BCUT2D eigenvalue weighted by molar-refractivity contribution is 7.07. The number of hydrogen-bond donors (Lipinski definition) is 1. The van der Waals surface area contributed by atoms with Crippen LogP contribution in [0.25, 0.3) is 0 Å². The number of nitrogens with two attached hydrogens (primary N) is 1. The summed E-state index contributed by atoms with van der Waals surface area (Å²) in [5.74, 6) is 0.00392. The molecule has 1 fully saturated rings. The van der Waals surface area contributed by atoms with Gasteiger partial charge in [-0.3, -0.25) is 4.79 Å². The SMILES string of the molecule is C[C@@H]1CN(C(=O)[C@@H](N)Cc2ccccc2)C[C@@H](c2ccsc2)O1. The van der Waals surface area contributed by atoms with Gasteiger partial charge < -0.3 is 15.4 Å². The molecule has 1 aliphatic rings. The summed E-state index contributed by atoms with van der Waals surface area (Å²) in [4.78, 5) is 14.6. The van der Waals surface area contributed by atoms with Gasteiger partial charge in [0.05, 0.1) is 18.7 Å². The molecule has 4 nitrogen and oxygen atoms in total. The first-order chi connectivity index (χ1) is 11.1. The molecule has 1 aliphatic heterocycles. The van der Waals surface area contributed by atoms with Crippen molar-refractivity contribution in [3.05, 3.63) is 58.3 Å². The van der Waals surface area contributed by atoms with Gasteiger partial charge in [0.25, 0.3) is 0 Å². The number of nitrogens with zero attached hydrogens (tertiary/aromatic N) is 1. The van der Waals surface area contributed by atoms with E-state index in [2.05, 4.69) is 11.4 Å². The number of thiophene rings is 1. The molecule has 2 heterocycles. The maximum atomic E-state index is 12.7. The van der Waals surface area contributed by atoms with Gasteiger partial charge in [0.15, 0.2) is 0 Å². The summed E-state index contributed by atoms with van der Waals surface area (Å²) in [6, 6.07) is 11.5. The van der Waals surface area contributed by atoms with E-state index in [-0.39, 0.29) is 18.1 Å². The molecular weight excluding hydrogens is 308 g/mol. The molecule has 5 heteroatoms. The highest BCUT2D eigenvalue weighted by Gasteiger charge is 2.31. The van der Waals surface area contributed by atoms with Crippen LogP contribution in [-0.2, 0) is 16.0 Å². The molecule has 1 saturated heterocycles. The van der Waals surface area contributed by atoms with Gasteiger partial charge in [-0.1, -0.05) is 30.3 Å². The van der Waals surface area contributed by atoms with E-state index >= 15 is 0 Å². The summed E-state index contributed by atoms with van der Waals surface area (Å²) in [7, 11) is 0. The van der Waals surface area contributed by atoms with Crippen molar-refractivity contribution in [1.82, 2.24) is 4.90 Å². The summed E-state index contributed by atoms with van der Waals surface area (Å²) >= 11 is 1.64. The van der Waals surface area contributed by atoms with E-state index in [1.807, 2.05) is 47.5 Å². The number of benzene rings is 1. The predicted octanol–water partition coefficient (Wildman–Crippen LogP) is 2.61. The Morgan fingerprint density at radius 3 is 2.83 bits per heavy atom. The lowest BCUT2D eigenvalue weighted by Gasteiger charge is -2.37. The van der Waals surface area contributed by atoms with Gasteiger partial charge in [-0.2, -0.15) is 11.3 Å². The van der Waals surface area contributed by atoms with Crippen LogP contribution in [-0.4, -0.2) is 36.0 Å². The predicted molar refractivity (Wildman–Crippen MR) is 92.3 cm³/mol. The molecule has 0 aliphatic carbocycles. The fraction of sp³-hybridized carbons (Fsp3) is 0.389. The molecule has 2 N–H and O–H groups in total. The highest BCUT2D eigenvalue weighted by atomic mass is 32.1. The fourth-order valence-electron chi connectivity index (χ4n) is 2.96. The third kappa shape index (κ3) is 3.99. The molecule has 3 atom stereocenters. The first kappa shape index (κ1) is 16.2. The molecule has 1 aromatic heterocycles. The second-order valence-electron chi connectivity index (χ2n) is 6.03. The van der Waals surface area contributed by atoms with Crippen molar-refractivity contribution in [2.24, 2.45) is 5.73 Å². The third-order valence-electron chi connectivity index (χ3n) is 4.10. The number of amides is 1. The molecule has 0 unspecified atom stereocenters. The summed E-state index contributed by atoms with van der Waals surface area (Å²) in [6.07, 6.45) is 0.522. The Morgan fingerprint density at radius 1 is 1.35 bits per heavy atom. The van der Waals surface area contributed by atoms with E-state index < -0.39 is 6.04 Å². The normalized spacial score (nSPS) is 22.8. The minimum Gasteiger partial charge on any atom is -0.367 e. The number of ether oxygens (including phenoxy) is 1. The van der Waals surface area contributed by atoms with E-state index in [4.69, 9.17) is 10.5 Å². The third-order valence-corrected chi connectivity index (χ3v) is 4.80. The maximum absolute atomic E-state index is 12.7. The first-order valence-corrected chi connectivity index (χ1v) is 8.83. The molecule has 0 bridgehead atoms.